The monoisotopic (exact) mass is 262 g/mol. The molecular formula is C15H18O2S. The molecule has 0 spiro atoms. The molecule has 0 N–H and O–H groups in total. The zero-order valence-corrected chi connectivity index (χ0v) is 11.2. The van der Waals surface area contributed by atoms with E-state index in [2.05, 4.69) is 0 Å². The van der Waals surface area contributed by atoms with Crippen LogP contribution >= 0.6 is 11.8 Å². The number of ether oxygens (including phenoxy) is 1. The summed E-state index contributed by atoms with van der Waals surface area (Å²) in [6, 6.07) is 7.68. The Balaban J connectivity index is 1.65. The largest absolute Gasteiger partial charge is 0.490 e. The molecule has 1 aliphatic heterocycles. The van der Waals surface area contributed by atoms with E-state index in [1.807, 2.05) is 36.0 Å². The number of carbonyl (C=O) groups excluding carboxylic acids is 1. The zero-order valence-electron chi connectivity index (χ0n) is 10.4. The Morgan fingerprint density at radius 3 is 2.50 bits per heavy atom. The van der Waals surface area contributed by atoms with Crippen LogP contribution in [0.4, 0.5) is 0 Å². The normalized spacial score (nSPS) is 23.7. The summed E-state index contributed by atoms with van der Waals surface area (Å²) in [5.74, 6) is 2.31. The first-order valence-electron chi connectivity index (χ1n) is 6.75. The van der Waals surface area contributed by atoms with Gasteiger partial charge in [0.25, 0.3) is 0 Å². The Kier molecular flexibility index (Phi) is 3.59. The number of Topliss-reactive ketones (excluding diaryl/α,β-unsaturated/α-hetero) is 1. The third-order valence-corrected chi connectivity index (χ3v) is 4.81. The summed E-state index contributed by atoms with van der Waals surface area (Å²) >= 11 is 1.81. The van der Waals surface area contributed by atoms with Crippen LogP contribution in [0.2, 0.25) is 0 Å². The number of hydrogen-bond acceptors (Lipinski definition) is 3. The molecule has 2 aliphatic rings. The third-order valence-electron chi connectivity index (χ3n) is 3.44. The Hall–Kier alpha value is -0.960. The molecule has 1 heterocycles. The van der Waals surface area contributed by atoms with E-state index in [-0.39, 0.29) is 11.0 Å². The summed E-state index contributed by atoms with van der Waals surface area (Å²) in [7, 11) is 0. The Labute approximate surface area is 112 Å². The van der Waals surface area contributed by atoms with E-state index < -0.39 is 0 Å². The van der Waals surface area contributed by atoms with Gasteiger partial charge in [0.05, 0.1) is 11.4 Å². The second-order valence-electron chi connectivity index (χ2n) is 5.06. The first-order valence-corrected chi connectivity index (χ1v) is 7.80. The smallest absolute Gasteiger partial charge is 0.175 e. The highest BCUT2D eigenvalue weighted by Crippen LogP contribution is 2.30. The SMILES string of the molecule is O=C(c1ccc(OC2CC2)cc1)C1CCCCS1. The standard InChI is InChI=1S/C15H18O2S/c16-15(14-3-1-2-10-18-14)11-4-6-12(7-5-11)17-13-8-9-13/h4-7,13-14H,1-3,8-10H2. The second-order valence-corrected chi connectivity index (χ2v) is 6.37. The van der Waals surface area contributed by atoms with Crippen molar-refractivity contribution in [3.63, 3.8) is 0 Å². The second kappa shape index (κ2) is 5.35. The lowest BCUT2D eigenvalue weighted by Crippen LogP contribution is -2.20. The Bertz CT molecular complexity index is 417. The molecule has 2 fully saturated rings. The zero-order chi connectivity index (χ0) is 12.4. The number of carbonyl (C=O) groups is 1. The van der Waals surface area contributed by atoms with E-state index in [0.29, 0.717) is 6.10 Å². The lowest BCUT2D eigenvalue weighted by Gasteiger charge is -2.20. The molecule has 0 aromatic heterocycles. The molecular weight excluding hydrogens is 244 g/mol. The van der Waals surface area contributed by atoms with E-state index >= 15 is 0 Å². The maximum Gasteiger partial charge on any atom is 0.175 e. The van der Waals surface area contributed by atoms with E-state index in [1.54, 1.807) is 0 Å². The molecule has 0 amide bonds. The van der Waals surface area contributed by atoms with Crippen LogP contribution < -0.4 is 4.74 Å². The predicted molar refractivity (Wildman–Crippen MR) is 74.5 cm³/mol. The fourth-order valence-corrected chi connectivity index (χ4v) is 3.49. The van der Waals surface area contributed by atoms with Crippen molar-refractivity contribution in [3.05, 3.63) is 29.8 Å². The van der Waals surface area contributed by atoms with Gasteiger partial charge in [-0.2, -0.15) is 11.8 Å². The summed E-state index contributed by atoms with van der Waals surface area (Å²) in [4.78, 5) is 12.3. The molecule has 18 heavy (non-hydrogen) atoms. The number of thioether (sulfide) groups is 1. The minimum atomic E-state index is 0.175. The van der Waals surface area contributed by atoms with Crippen LogP contribution in [0, 0.1) is 0 Å². The maximum atomic E-state index is 12.3. The molecule has 1 aromatic rings. The fraction of sp³-hybridized carbons (Fsp3) is 0.533. The van der Waals surface area contributed by atoms with E-state index in [4.69, 9.17) is 4.74 Å². The number of rotatable bonds is 4. The van der Waals surface area contributed by atoms with Gasteiger partial charge in [-0.3, -0.25) is 4.79 Å². The van der Waals surface area contributed by atoms with Gasteiger partial charge < -0.3 is 4.74 Å². The lowest BCUT2D eigenvalue weighted by molar-refractivity contribution is 0.0985. The van der Waals surface area contributed by atoms with Gasteiger partial charge in [0, 0.05) is 5.56 Å². The molecule has 1 saturated carbocycles. The molecule has 0 bridgehead atoms. The molecule has 1 unspecified atom stereocenters. The van der Waals surface area contributed by atoms with Crippen molar-refractivity contribution in [2.75, 3.05) is 5.75 Å². The average molecular weight is 262 g/mol. The highest BCUT2D eigenvalue weighted by molar-refractivity contribution is 8.00. The highest BCUT2D eigenvalue weighted by Gasteiger charge is 2.25. The summed E-state index contributed by atoms with van der Waals surface area (Å²) in [6.07, 6.45) is 6.22. The molecule has 1 aromatic carbocycles. The van der Waals surface area contributed by atoms with Gasteiger partial charge in [0.15, 0.2) is 5.78 Å². The van der Waals surface area contributed by atoms with Crippen LogP contribution in [-0.2, 0) is 0 Å². The number of ketones is 1. The fourth-order valence-electron chi connectivity index (χ4n) is 2.21. The Morgan fingerprint density at radius 1 is 1.11 bits per heavy atom. The van der Waals surface area contributed by atoms with Gasteiger partial charge in [-0.05, 0) is 55.7 Å². The molecule has 96 valence electrons. The van der Waals surface area contributed by atoms with Crippen molar-refractivity contribution >= 4 is 17.5 Å². The van der Waals surface area contributed by atoms with Crippen molar-refractivity contribution in [2.24, 2.45) is 0 Å². The average Bonchev–Trinajstić information content (AvgIpc) is 3.24. The van der Waals surface area contributed by atoms with Crippen LogP contribution in [0.1, 0.15) is 42.5 Å². The summed E-state index contributed by atoms with van der Waals surface area (Å²) < 4.78 is 5.69. The molecule has 2 nitrogen and oxygen atoms in total. The summed E-state index contributed by atoms with van der Waals surface area (Å²) in [6.45, 7) is 0. The van der Waals surface area contributed by atoms with Crippen molar-refractivity contribution in [2.45, 2.75) is 43.5 Å². The van der Waals surface area contributed by atoms with Crippen molar-refractivity contribution in [1.29, 1.82) is 0 Å². The molecule has 3 rings (SSSR count). The van der Waals surface area contributed by atoms with Crippen LogP contribution in [-0.4, -0.2) is 22.9 Å². The van der Waals surface area contributed by atoms with E-state index in [0.717, 1.165) is 23.5 Å². The molecule has 0 radical (unpaired) electrons. The van der Waals surface area contributed by atoms with E-state index in [1.165, 1.54) is 25.7 Å². The van der Waals surface area contributed by atoms with Crippen molar-refractivity contribution in [1.82, 2.24) is 0 Å². The van der Waals surface area contributed by atoms with Gasteiger partial charge in [-0.25, -0.2) is 0 Å². The van der Waals surface area contributed by atoms with Gasteiger partial charge in [0.2, 0.25) is 0 Å². The Morgan fingerprint density at radius 2 is 1.89 bits per heavy atom. The first kappa shape index (κ1) is 12.1. The van der Waals surface area contributed by atoms with Gasteiger partial charge in [-0.1, -0.05) is 6.42 Å². The van der Waals surface area contributed by atoms with Crippen LogP contribution in [0.25, 0.3) is 0 Å². The molecule has 1 saturated heterocycles. The number of benzene rings is 1. The minimum absolute atomic E-state index is 0.175. The lowest BCUT2D eigenvalue weighted by atomic mass is 10.0. The molecule has 1 atom stereocenters. The van der Waals surface area contributed by atoms with Crippen LogP contribution in [0.3, 0.4) is 0 Å². The number of hydrogen-bond donors (Lipinski definition) is 0. The van der Waals surface area contributed by atoms with Crippen LogP contribution in [0.5, 0.6) is 5.75 Å². The van der Waals surface area contributed by atoms with Crippen molar-refractivity contribution < 1.29 is 9.53 Å². The summed E-state index contributed by atoms with van der Waals surface area (Å²) in [5, 5.41) is 0.175. The maximum absolute atomic E-state index is 12.3. The van der Waals surface area contributed by atoms with Crippen molar-refractivity contribution in [3.8, 4) is 5.75 Å². The van der Waals surface area contributed by atoms with E-state index in [9.17, 15) is 4.79 Å². The molecule has 3 heteroatoms. The predicted octanol–water partition coefficient (Wildman–Crippen LogP) is 3.70. The highest BCUT2D eigenvalue weighted by atomic mass is 32.2. The topological polar surface area (TPSA) is 26.3 Å². The third kappa shape index (κ3) is 2.89. The summed E-state index contributed by atoms with van der Waals surface area (Å²) in [5.41, 5.74) is 0.831. The minimum Gasteiger partial charge on any atom is -0.490 e. The van der Waals surface area contributed by atoms with Gasteiger partial charge in [-0.15, -0.1) is 0 Å². The van der Waals surface area contributed by atoms with Gasteiger partial charge in [0.1, 0.15) is 5.75 Å². The van der Waals surface area contributed by atoms with Crippen LogP contribution in [0.15, 0.2) is 24.3 Å². The van der Waals surface area contributed by atoms with Gasteiger partial charge >= 0.3 is 0 Å². The molecule has 1 aliphatic carbocycles. The quantitative estimate of drug-likeness (QED) is 0.774. The first-order chi connectivity index (χ1) is 8.83.